The molecule has 2 amide bonds. The van der Waals surface area contributed by atoms with Crippen LogP contribution in [0.1, 0.15) is 60.8 Å². The molecule has 32 heavy (non-hydrogen) atoms. The SMILES string of the molecule is COCCC(=O)N1CCCC[C@H]1c1nc(C)c2c(n1)N(CCCc1ccccc1)C(=O)C2. The van der Waals surface area contributed by atoms with Crippen LogP contribution in [0.4, 0.5) is 5.82 Å². The van der Waals surface area contributed by atoms with E-state index in [-0.39, 0.29) is 17.9 Å². The summed E-state index contributed by atoms with van der Waals surface area (Å²) in [5, 5.41) is 0. The van der Waals surface area contributed by atoms with Crippen molar-refractivity contribution in [1.29, 1.82) is 0 Å². The average molecular weight is 437 g/mol. The van der Waals surface area contributed by atoms with Gasteiger partial charge in [-0.1, -0.05) is 30.3 Å². The number of carbonyl (C=O) groups is 2. The third-order valence-corrected chi connectivity index (χ3v) is 6.43. The molecule has 0 aliphatic carbocycles. The Morgan fingerprint density at radius 3 is 2.78 bits per heavy atom. The molecule has 170 valence electrons. The van der Waals surface area contributed by atoms with Crippen molar-refractivity contribution in [3.05, 3.63) is 53.0 Å². The van der Waals surface area contributed by atoms with Gasteiger partial charge in [0, 0.05) is 31.5 Å². The van der Waals surface area contributed by atoms with Gasteiger partial charge in [0.25, 0.3) is 0 Å². The number of ether oxygens (including phenoxy) is 1. The summed E-state index contributed by atoms with van der Waals surface area (Å²) in [6.45, 7) is 3.71. The Hall–Kier alpha value is -2.80. The summed E-state index contributed by atoms with van der Waals surface area (Å²) in [5.74, 6) is 1.56. The first kappa shape index (κ1) is 22.4. The van der Waals surface area contributed by atoms with E-state index >= 15 is 0 Å². The number of methoxy groups -OCH3 is 1. The van der Waals surface area contributed by atoms with E-state index in [1.54, 1.807) is 7.11 Å². The van der Waals surface area contributed by atoms with Crippen molar-refractivity contribution in [2.75, 3.05) is 31.7 Å². The Morgan fingerprint density at radius 1 is 1.19 bits per heavy atom. The average Bonchev–Trinajstić information content (AvgIpc) is 3.14. The summed E-state index contributed by atoms with van der Waals surface area (Å²) in [5.41, 5.74) is 3.04. The molecule has 0 saturated carbocycles. The number of hydrogen-bond donors (Lipinski definition) is 0. The van der Waals surface area contributed by atoms with E-state index in [0.717, 1.165) is 49.2 Å². The number of piperidine rings is 1. The number of amides is 2. The van der Waals surface area contributed by atoms with Gasteiger partial charge in [-0.25, -0.2) is 9.97 Å². The quantitative estimate of drug-likeness (QED) is 0.634. The lowest BCUT2D eigenvalue weighted by atomic mass is 10.0. The lowest BCUT2D eigenvalue weighted by Gasteiger charge is -2.35. The number of aromatic nitrogens is 2. The van der Waals surface area contributed by atoms with E-state index < -0.39 is 0 Å². The molecule has 0 radical (unpaired) electrons. The van der Waals surface area contributed by atoms with E-state index in [4.69, 9.17) is 14.7 Å². The zero-order valence-corrected chi connectivity index (χ0v) is 19.0. The van der Waals surface area contributed by atoms with Gasteiger partial charge in [-0.3, -0.25) is 14.5 Å². The molecule has 0 bridgehead atoms. The van der Waals surface area contributed by atoms with Crippen molar-refractivity contribution < 1.29 is 14.3 Å². The number of benzene rings is 1. The molecule has 0 spiro atoms. The minimum Gasteiger partial charge on any atom is -0.384 e. The molecule has 7 nitrogen and oxygen atoms in total. The smallest absolute Gasteiger partial charge is 0.232 e. The number of rotatable bonds is 8. The molecule has 7 heteroatoms. The maximum Gasteiger partial charge on any atom is 0.232 e. The van der Waals surface area contributed by atoms with Gasteiger partial charge in [-0.2, -0.15) is 0 Å². The van der Waals surface area contributed by atoms with Gasteiger partial charge in [-0.05, 0) is 44.6 Å². The molecule has 3 heterocycles. The van der Waals surface area contributed by atoms with E-state index in [1.807, 2.05) is 34.9 Å². The van der Waals surface area contributed by atoms with Crippen molar-refractivity contribution in [1.82, 2.24) is 14.9 Å². The molecule has 0 unspecified atom stereocenters. The maximum absolute atomic E-state index is 12.8. The lowest BCUT2D eigenvalue weighted by molar-refractivity contribution is -0.136. The Labute approximate surface area is 189 Å². The number of anilines is 1. The van der Waals surface area contributed by atoms with Crippen LogP contribution in [-0.4, -0.2) is 53.5 Å². The maximum atomic E-state index is 12.8. The summed E-state index contributed by atoms with van der Waals surface area (Å²) in [6.07, 6.45) is 5.38. The molecule has 2 aliphatic heterocycles. The second kappa shape index (κ2) is 10.2. The molecular formula is C25H32N4O3. The first-order valence-electron chi connectivity index (χ1n) is 11.6. The first-order chi connectivity index (χ1) is 15.6. The molecule has 0 N–H and O–H groups in total. The standard InChI is InChI=1S/C25H32N4O3/c1-18-20-17-23(31)29(15-8-11-19-9-4-3-5-10-19)25(20)27-24(26-18)21-12-6-7-14-28(21)22(30)13-16-32-2/h3-5,9-10,21H,6-8,11-17H2,1-2H3/t21-/m0/s1. The molecule has 2 aliphatic rings. The first-order valence-corrected chi connectivity index (χ1v) is 11.6. The second-order valence-corrected chi connectivity index (χ2v) is 8.62. The number of likely N-dealkylation sites (tertiary alicyclic amines) is 1. The highest BCUT2D eigenvalue weighted by Gasteiger charge is 2.35. The fraction of sp³-hybridized carbons (Fsp3) is 0.520. The summed E-state index contributed by atoms with van der Waals surface area (Å²) in [4.78, 5) is 38.9. The highest BCUT2D eigenvalue weighted by atomic mass is 16.5. The number of nitrogens with zero attached hydrogens (tertiary/aromatic N) is 4. The fourth-order valence-corrected chi connectivity index (χ4v) is 4.69. The summed E-state index contributed by atoms with van der Waals surface area (Å²) < 4.78 is 5.10. The Kier molecular flexibility index (Phi) is 7.15. The predicted molar refractivity (Wildman–Crippen MR) is 122 cm³/mol. The highest BCUT2D eigenvalue weighted by Crippen LogP contribution is 2.34. The Balaban J connectivity index is 1.53. The van der Waals surface area contributed by atoms with Crippen LogP contribution in [0.5, 0.6) is 0 Å². The van der Waals surface area contributed by atoms with Crippen LogP contribution < -0.4 is 4.90 Å². The molecule has 1 aromatic carbocycles. The largest absolute Gasteiger partial charge is 0.384 e. The molecule has 1 saturated heterocycles. The number of hydrogen-bond acceptors (Lipinski definition) is 5. The molecule has 1 fully saturated rings. The van der Waals surface area contributed by atoms with Gasteiger partial charge in [0.2, 0.25) is 11.8 Å². The highest BCUT2D eigenvalue weighted by molar-refractivity contribution is 6.00. The predicted octanol–water partition coefficient (Wildman–Crippen LogP) is 3.40. The number of aryl methyl sites for hydroxylation is 2. The van der Waals surface area contributed by atoms with Gasteiger partial charge in [0.15, 0.2) is 5.82 Å². The van der Waals surface area contributed by atoms with Crippen LogP contribution in [0.2, 0.25) is 0 Å². The lowest BCUT2D eigenvalue weighted by Crippen LogP contribution is -2.40. The van der Waals surface area contributed by atoms with Gasteiger partial charge in [0.1, 0.15) is 5.82 Å². The van der Waals surface area contributed by atoms with Crippen molar-refractivity contribution in [3.8, 4) is 0 Å². The normalized spacial score (nSPS) is 18.2. The van der Waals surface area contributed by atoms with Crippen LogP contribution in [-0.2, 0) is 27.2 Å². The topological polar surface area (TPSA) is 75.6 Å². The van der Waals surface area contributed by atoms with Crippen molar-refractivity contribution in [3.63, 3.8) is 0 Å². The van der Waals surface area contributed by atoms with Crippen molar-refractivity contribution in [2.24, 2.45) is 0 Å². The van der Waals surface area contributed by atoms with E-state index in [9.17, 15) is 9.59 Å². The van der Waals surface area contributed by atoms with Crippen LogP contribution in [0.3, 0.4) is 0 Å². The van der Waals surface area contributed by atoms with E-state index in [0.29, 0.717) is 38.4 Å². The number of fused-ring (bicyclic) bond motifs is 1. The molecular weight excluding hydrogens is 404 g/mol. The van der Waals surface area contributed by atoms with Crippen LogP contribution >= 0.6 is 0 Å². The van der Waals surface area contributed by atoms with Gasteiger partial charge >= 0.3 is 0 Å². The third-order valence-electron chi connectivity index (χ3n) is 6.43. The van der Waals surface area contributed by atoms with Crippen molar-refractivity contribution in [2.45, 2.75) is 57.9 Å². The fourth-order valence-electron chi connectivity index (χ4n) is 4.69. The zero-order chi connectivity index (χ0) is 22.5. The Morgan fingerprint density at radius 2 is 2.00 bits per heavy atom. The molecule has 1 aromatic heterocycles. The summed E-state index contributed by atoms with van der Waals surface area (Å²) in [7, 11) is 1.61. The zero-order valence-electron chi connectivity index (χ0n) is 19.0. The summed E-state index contributed by atoms with van der Waals surface area (Å²) >= 11 is 0. The monoisotopic (exact) mass is 436 g/mol. The summed E-state index contributed by atoms with van der Waals surface area (Å²) in [6, 6.07) is 10.2. The van der Waals surface area contributed by atoms with Crippen LogP contribution in [0, 0.1) is 6.92 Å². The van der Waals surface area contributed by atoms with E-state index in [2.05, 4.69) is 12.1 Å². The molecule has 1 atom stereocenters. The van der Waals surface area contributed by atoms with Crippen LogP contribution in [0.15, 0.2) is 30.3 Å². The minimum absolute atomic E-state index is 0.0779. The second-order valence-electron chi connectivity index (χ2n) is 8.62. The third kappa shape index (κ3) is 4.83. The van der Waals surface area contributed by atoms with Gasteiger partial charge in [-0.15, -0.1) is 0 Å². The van der Waals surface area contributed by atoms with Crippen LogP contribution in [0.25, 0.3) is 0 Å². The molecule has 4 rings (SSSR count). The minimum atomic E-state index is -0.140. The van der Waals surface area contributed by atoms with Gasteiger partial charge in [0.05, 0.1) is 25.5 Å². The Bertz CT molecular complexity index is 963. The van der Waals surface area contributed by atoms with Gasteiger partial charge < -0.3 is 9.64 Å². The van der Waals surface area contributed by atoms with E-state index in [1.165, 1.54) is 5.56 Å². The molecule has 2 aromatic rings. The number of carbonyl (C=O) groups excluding carboxylic acids is 2. The van der Waals surface area contributed by atoms with Crippen molar-refractivity contribution >= 4 is 17.6 Å².